The summed E-state index contributed by atoms with van der Waals surface area (Å²) in [6.45, 7) is 15.0. The molecule has 1 aliphatic rings. The third-order valence-corrected chi connectivity index (χ3v) is 5.26. The molecule has 1 aromatic rings. The molecule has 1 N–H and O–H groups in total. The zero-order valence-corrected chi connectivity index (χ0v) is 14.6. The zero-order chi connectivity index (χ0) is 15.7. The van der Waals surface area contributed by atoms with Gasteiger partial charge in [0.25, 0.3) is 0 Å². The Labute approximate surface area is 129 Å². The van der Waals surface area contributed by atoms with Gasteiger partial charge in [0, 0.05) is 56.6 Å². The van der Waals surface area contributed by atoms with Gasteiger partial charge in [-0.25, -0.2) is 0 Å². The fraction of sp³-hybridized carbons (Fsp3) is 0.824. The molecule has 0 amide bonds. The maximum Gasteiger partial charge on any atom is 0.0492 e. The molecule has 0 spiro atoms. The van der Waals surface area contributed by atoms with Crippen molar-refractivity contribution >= 4 is 0 Å². The molecular weight excluding hydrogens is 260 g/mol. The third-order valence-electron chi connectivity index (χ3n) is 5.26. The Morgan fingerprint density at radius 3 is 2.67 bits per heavy atom. The summed E-state index contributed by atoms with van der Waals surface area (Å²) in [4.78, 5) is 2.69. The van der Waals surface area contributed by atoms with Gasteiger partial charge in [0.2, 0.25) is 0 Å². The van der Waals surface area contributed by atoms with Gasteiger partial charge in [-0.2, -0.15) is 5.10 Å². The van der Waals surface area contributed by atoms with Crippen LogP contribution in [0, 0.1) is 5.41 Å². The standard InChI is InChI=1S/C17H32N4/c1-7-17(5)13-18-15(16(2,3)4)12-21(17)11-9-14-8-10-19-20(14)6/h8,10,15,18H,7,9,11-13H2,1-6H3. The van der Waals surface area contributed by atoms with Crippen LogP contribution in [0.5, 0.6) is 0 Å². The van der Waals surface area contributed by atoms with Gasteiger partial charge in [-0.05, 0) is 24.8 Å². The summed E-state index contributed by atoms with van der Waals surface area (Å²) in [7, 11) is 2.03. The first-order chi connectivity index (χ1) is 9.76. The summed E-state index contributed by atoms with van der Waals surface area (Å²) >= 11 is 0. The molecule has 0 aromatic carbocycles. The van der Waals surface area contributed by atoms with Crippen LogP contribution in [0.1, 0.15) is 46.7 Å². The number of rotatable bonds is 4. The average molecular weight is 292 g/mol. The smallest absolute Gasteiger partial charge is 0.0492 e. The molecule has 0 aliphatic carbocycles. The van der Waals surface area contributed by atoms with Crippen LogP contribution >= 0.6 is 0 Å². The van der Waals surface area contributed by atoms with Crippen molar-refractivity contribution in [3.05, 3.63) is 18.0 Å². The Morgan fingerprint density at radius 2 is 2.14 bits per heavy atom. The Bertz CT molecular complexity index is 460. The molecule has 4 nitrogen and oxygen atoms in total. The van der Waals surface area contributed by atoms with Crippen LogP contribution in [0.25, 0.3) is 0 Å². The van der Waals surface area contributed by atoms with Crippen molar-refractivity contribution in [2.75, 3.05) is 19.6 Å². The van der Waals surface area contributed by atoms with Crippen molar-refractivity contribution in [2.24, 2.45) is 12.5 Å². The second-order valence-corrected chi connectivity index (χ2v) is 7.79. The van der Waals surface area contributed by atoms with Crippen LogP contribution in [0.3, 0.4) is 0 Å². The van der Waals surface area contributed by atoms with Crippen molar-refractivity contribution in [3.63, 3.8) is 0 Å². The Morgan fingerprint density at radius 1 is 1.43 bits per heavy atom. The van der Waals surface area contributed by atoms with Crippen LogP contribution in [-0.2, 0) is 13.5 Å². The molecule has 2 rings (SSSR count). The number of piperazine rings is 1. The van der Waals surface area contributed by atoms with Crippen molar-refractivity contribution in [1.29, 1.82) is 0 Å². The van der Waals surface area contributed by atoms with Crippen LogP contribution < -0.4 is 5.32 Å². The molecular formula is C17H32N4. The van der Waals surface area contributed by atoms with E-state index in [1.807, 2.05) is 17.9 Å². The summed E-state index contributed by atoms with van der Waals surface area (Å²) in [5, 5.41) is 8.05. The summed E-state index contributed by atoms with van der Waals surface area (Å²) in [5.74, 6) is 0. The van der Waals surface area contributed by atoms with Crippen LogP contribution in [0.15, 0.2) is 12.3 Å². The van der Waals surface area contributed by atoms with Gasteiger partial charge in [0.05, 0.1) is 0 Å². The maximum absolute atomic E-state index is 4.28. The Kier molecular flexibility index (Phi) is 4.79. The summed E-state index contributed by atoms with van der Waals surface area (Å²) in [5.41, 5.74) is 1.89. The van der Waals surface area contributed by atoms with Crippen molar-refractivity contribution in [3.8, 4) is 0 Å². The molecule has 0 saturated carbocycles. The van der Waals surface area contributed by atoms with Gasteiger partial charge >= 0.3 is 0 Å². The van der Waals surface area contributed by atoms with Crippen molar-refractivity contribution < 1.29 is 0 Å². The number of hydrogen-bond donors (Lipinski definition) is 1. The van der Waals surface area contributed by atoms with E-state index in [-0.39, 0.29) is 5.54 Å². The monoisotopic (exact) mass is 292 g/mol. The van der Waals surface area contributed by atoms with Crippen molar-refractivity contribution in [1.82, 2.24) is 20.0 Å². The van der Waals surface area contributed by atoms with Gasteiger partial charge in [-0.1, -0.05) is 27.7 Å². The van der Waals surface area contributed by atoms with E-state index in [0.29, 0.717) is 11.5 Å². The van der Waals surface area contributed by atoms with Crippen molar-refractivity contribution in [2.45, 2.75) is 59.0 Å². The topological polar surface area (TPSA) is 33.1 Å². The lowest BCUT2D eigenvalue weighted by molar-refractivity contribution is 0.0227. The van der Waals surface area contributed by atoms with E-state index < -0.39 is 0 Å². The van der Waals surface area contributed by atoms with Crippen LogP contribution in [0.4, 0.5) is 0 Å². The fourth-order valence-electron chi connectivity index (χ4n) is 3.15. The average Bonchev–Trinajstić information content (AvgIpc) is 2.82. The van der Waals surface area contributed by atoms with E-state index in [9.17, 15) is 0 Å². The SMILES string of the molecule is CCC1(C)CNC(C(C)(C)C)CN1CCc1ccnn1C. The predicted molar refractivity (Wildman–Crippen MR) is 88.4 cm³/mol. The molecule has 1 fully saturated rings. The van der Waals surface area contributed by atoms with Gasteiger partial charge < -0.3 is 5.32 Å². The third kappa shape index (κ3) is 3.67. The molecule has 1 aromatic heterocycles. The van der Waals surface area contributed by atoms with Crippen LogP contribution in [0.2, 0.25) is 0 Å². The molecule has 0 bridgehead atoms. The van der Waals surface area contributed by atoms with Gasteiger partial charge in [-0.15, -0.1) is 0 Å². The number of hydrogen-bond acceptors (Lipinski definition) is 3. The summed E-state index contributed by atoms with van der Waals surface area (Å²) < 4.78 is 1.99. The lowest BCUT2D eigenvalue weighted by Gasteiger charge is -2.51. The summed E-state index contributed by atoms with van der Waals surface area (Å²) in [6, 6.07) is 2.69. The van der Waals surface area contributed by atoms with E-state index >= 15 is 0 Å². The first kappa shape index (κ1) is 16.5. The molecule has 2 unspecified atom stereocenters. The number of nitrogens with zero attached hydrogens (tertiary/aromatic N) is 3. The van der Waals surface area contributed by atoms with Crippen LogP contribution in [-0.4, -0.2) is 45.9 Å². The highest BCUT2D eigenvalue weighted by atomic mass is 15.3. The molecule has 1 aliphatic heterocycles. The number of aryl methyl sites for hydroxylation is 1. The first-order valence-corrected chi connectivity index (χ1v) is 8.21. The Balaban J connectivity index is 2.06. The molecule has 4 heteroatoms. The molecule has 2 heterocycles. The van der Waals surface area contributed by atoms with Gasteiger partial charge in [0.15, 0.2) is 0 Å². The highest BCUT2D eigenvalue weighted by molar-refractivity contribution is 5.03. The Hall–Kier alpha value is -0.870. The minimum Gasteiger partial charge on any atom is -0.310 e. The highest BCUT2D eigenvalue weighted by Gasteiger charge is 2.39. The minimum absolute atomic E-state index is 0.264. The lowest BCUT2D eigenvalue weighted by Crippen LogP contribution is -2.66. The second kappa shape index (κ2) is 6.09. The van der Waals surface area contributed by atoms with E-state index in [1.165, 1.54) is 12.1 Å². The zero-order valence-electron chi connectivity index (χ0n) is 14.6. The van der Waals surface area contributed by atoms with E-state index in [1.54, 1.807) is 0 Å². The second-order valence-electron chi connectivity index (χ2n) is 7.79. The highest BCUT2D eigenvalue weighted by Crippen LogP contribution is 2.29. The van der Waals surface area contributed by atoms with E-state index in [0.717, 1.165) is 26.1 Å². The predicted octanol–water partition coefficient (Wildman–Crippen LogP) is 2.45. The van der Waals surface area contributed by atoms with Gasteiger partial charge in [-0.3, -0.25) is 9.58 Å². The minimum atomic E-state index is 0.264. The molecule has 0 radical (unpaired) electrons. The molecule has 2 atom stereocenters. The van der Waals surface area contributed by atoms with E-state index in [2.05, 4.69) is 56.0 Å². The molecule has 120 valence electrons. The summed E-state index contributed by atoms with van der Waals surface area (Å²) in [6.07, 6.45) is 4.15. The lowest BCUT2D eigenvalue weighted by atomic mass is 9.81. The normalized spacial score (nSPS) is 28.0. The first-order valence-electron chi connectivity index (χ1n) is 8.21. The molecule has 21 heavy (non-hydrogen) atoms. The maximum atomic E-state index is 4.28. The largest absolute Gasteiger partial charge is 0.310 e. The van der Waals surface area contributed by atoms with E-state index in [4.69, 9.17) is 0 Å². The number of aromatic nitrogens is 2. The fourth-order valence-corrected chi connectivity index (χ4v) is 3.15. The number of nitrogens with one attached hydrogen (secondary N) is 1. The molecule has 1 saturated heterocycles. The van der Waals surface area contributed by atoms with Gasteiger partial charge in [0.1, 0.15) is 0 Å². The quantitative estimate of drug-likeness (QED) is 0.925.